The van der Waals surface area contributed by atoms with Gasteiger partial charge in [0.1, 0.15) is 11.5 Å². The van der Waals surface area contributed by atoms with Crippen LogP contribution in [-0.2, 0) is 14.3 Å². The Morgan fingerprint density at radius 2 is 1.83 bits per heavy atom. The Bertz CT molecular complexity index is 957. The van der Waals surface area contributed by atoms with Gasteiger partial charge >= 0.3 is 5.97 Å². The van der Waals surface area contributed by atoms with Gasteiger partial charge in [-0.15, -0.1) is 0 Å². The maximum absolute atomic E-state index is 11.9. The van der Waals surface area contributed by atoms with Crippen LogP contribution >= 0.6 is 11.6 Å². The predicted molar refractivity (Wildman–Crippen MR) is 109 cm³/mol. The van der Waals surface area contributed by atoms with Gasteiger partial charge in [-0.25, -0.2) is 4.79 Å². The zero-order chi connectivity index (χ0) is 20.6. The molecule has 1 atom stereocenters. The number of esters is 1. The summed E-state index contributed by atoms with van der Waals surface area (Å²) >= 11 is 6.25. The van der Waals surface area contributed by atoms with E-state index in [1.54, 1.807) is 31.2 Å². The molecule has 1 amide bonds. The zero-order valence-electron chi connectivity index (χ0n) is 15.8. The molecule has 0 aliphatic heterocycles. The molecule has 2 aromatic carbocycles. The van der Waals surface area contributed by atoms with E-state index in [-0.39, 0.29) is 12.6 Å². The van der Waals surface area contributed by atoms with E-state index >= 15 is 0 Å². The van der Waals surface area contributed by atoms with Gasteiger partial charge in [0, 0.05) is 0 Å². The molecule has 0 aliphatic rings. The normalized spacial score (nSPS) is 11.5. The standard InChI is InChI=1S/C22H20ClNO5/c1-15(19-8-5-11-27-19)24-21(25)13-29-22(26)14-28-20-10-9-17(12-18(20)23)16-6-3-2-4-7-16/h2-12,15H,13-14H2,1H3,(H,24,25)/t15-/m1/s1. The molecule has 3 aromatic rings. The Hall–Kier alpha value is -3.25. The van der Waals surface area contributed by atoms with E-state index in [4.69, 9.17) is 25.5 Å². The highest BCUT2D eigenvalue weighted by molar-refractivity contribution is 6.32. The third kappa shape index (κ3) is 5.86. The highest BCUT2D eigenvalue weighted by Gasteiger charge is 2.14. The van der Waals surface area contributed by atoms with E-state index < -0.39 is 18.5 Å². The Morgan fingerprint density at radius 3 is 2.52 bits per heavy atom. The molecule has 0 spiro atoms. The molecule has 7 heteroatoms. The molecular weight excluding hydrogens is 394 g/mol. The Balaban J connectivity index is 1.45. The van der Waals surface area contributed by atoms with Gasteiger partial charge in [-0.3, -0.25) is 4.79 Å². The van der Waals surface area contributed by atoms with E-state index in [0.29, 0.717) is 16.5 Å². The van der Waals surface area contributed by atoms with Gasteiger partial charge in [0.2, 0.25) is 0 Å². The first-order valence-electron chi connectivity index (χ1n) is 8.99. The minimum Gasteiger partial charge on any atom is -0.480 e. The fourth-order valence-electron chi connectivity index (χ4n) is 2.64. The van der Waals surface area contributed by atoms with Crippen LogP contribution in [0.15, 0.2) is 71.3 Å². The summed E-state index contributed by atoms with van der Waals surface area (Å²) in [6, 6.07) is 18.2. The zero-order valence-corrected chi connectivity index (χ0v) is 16.5. The summed E-state index contributed by atoms with van der Waals surface area (Å²) in [5.41, 5.74) is 1.96. The maximum atomic E-state index is 11.9. The van der Waals surface area contributed by atoms with Crippen LogP contribution in [0.1, 0.15) is 18.7 Å². The molecule has 1 aromatic heterocycles. The number of furan rings is 1. The number of benzene rings is 2. The van der Waals surface area contributed by atoms with Gasteiger partial charge in [-0.05, 0) is 42.3 Å². The van der Waals surface area contributed by atoms with Gasteiger partial charge in [0.25, 0.3) is 5.91 Å². The molecule has 3 rings (SSSR count). The molecule has 0 unspecified atom stereocenters. The summed E-state index contributed by atoms with van der Waals surface area (Å²) in [6.07, 6.45) is 1.52. The van der Waals surface area contributed by atoms with Gasteiger partial charge in [-0.2, -0.15) is 0 Å². The van der Waals surface area contributed by atoms with Crippen molar-refractivity contribution in [1.29, 1.82) is 0 Å². The number of ether oxygens (including phenoxy) is 2. The predicted octanol–water partition coefficient (Wildman–Crippen LogP) is 4.40. The first-order chi connectivity index (χ1) is 14.0. The van der Waals surface area contributed by atoms with Crippen molar-refractivity contribution in [3.63, 3.8) is 0 Å². The lowest BCUT2D eigenvalue weighted by molar-refractivity contribution is -0.150. The van der Waals surface area contributed by atoms with Crippen LogP contribution < -0.4 is 10.1 Å². The number of rotatable bonds is 8. The SMILES string of the molecule is C[C@@H](NC(=O)COC(=O)COc1ccc(-c2ccccc2)cc1Cl)c1ccco1. The lowest BCUT2D eigenvalue weighted by Gasteiger charge is -2.12. The Kier molecular flexibility index (Phi) is 6.92. The largest absolute Gasteiger partial charge is 0.480 e. The highest BCUT2D eigenvalue weighted by atomic mass is 35.5. The summed E-state index contributed by atoms with van der Waals surface area (Å²) in [6.45, 7) is 1.00. The second kappa shape index (κ2) is 9.80. The van der Waals surface area contributed by atoms with Gasteiger partial charge in [0.05, 0.1) is 17.3 Å². The van der Waals surface area contributed by atoms with E-state index in [2.05, 4.69) is 5.32 Å². The lowest BCUT2D eigenvalue weighted by atomic mass is 10.1. The van der Waals surface area contributed by atoms with Gasteiger partial charge in [0.15, 0.2) is 13.2 Å². The lowest BCUT2D eigenvalue weighted by Crippen LogP contribution is -2.31. The first kappa shape index (κ1) is 20.5. The molecule has 1 heterocycles. The number of amides is 1. The van der Waals surface area contributed by atoms with E-state index in [9.17, 15) is 9.59 Å². The van der Waals surface area contributed by atoms with Crippen molar-refractivity contribution >= 4 is 23.5 Å². The number of hydrogen-bond donors (Lipinski definition) is 1. The molecule has 0 radical (unpaired) electrons. The third-order valence-electron chi connectivity index (χ3n) is 4.10. The van der Waals surface area contributed by atoms with E-state index in [1.165, 1.54) is 6.26 Å². The quantitative estimate of drug-likeness (QED) is 0.554. The van der Waals surface area contributed by atoms with Crippen LogP contribution in [0.5, 0.6) is 5.75 Å². The first-order valence-corrected chi connectivity index (χ1v) is 9.37. The highest BCUT2D eigenvalue weighted by Crippen LogP contribution is 2.30. The number of hydrogen-bond acceptors (Lipinski definition) is 5. The summed E-state index contributed by atoms with van der Waals surface area (Å²) in [5, 5.41) is 3.05. The monoisotopic (exact) mass is 413 g/mol. The van der Waals surface area contributed by atoms with Crippen molar-refractivity contribution in [3.05, 3.63) is 77.7 Å². The second-order valence-corrected chi connectivity index (χ2v) is 6.67. The van der Waals surface area contributed by atoms with E-state index in [1.807, 2.05) is 36.4 Å². The van der Waals surface area contributed by atoms with Crippen LogP contribution in [-0.4, -0.2) is 25.1 Å². The van der Waals surface area contributed by atoms with Crippen LogP contribution in [0.4, 0.5) is 0 Å². The smallest absolute Gasteiger partial charge is 0.344 e. The summed E-state index contributed by atoms with van der Waals surface area (Å²) in [5.74, 6) is -0.137. The minimum atomic E-state index is -0.672. The van der Waals surface area contributed by atoms with Gasteiger partial charge in [-0.1, -0.05) is 48.0 Å². The number of nitrogens with one attached hydrogen (secondary N) is 1. The number of carbonyl (C=O) groups excluding carboxylic acids is 2. The van der Waals surface area contributed by atoms with Crippen molar-refractivity contribution in [2.45, 2.75) is 13.0 Å². The fourth-order valence-corrected chi connectivity index (χ4v) is 2.88. The van der Waals surface area contributed by atoms with E-state index in [0.717, 1.165) is 11.1 Å². The van der Waals surface area contributed by atoms with Crippen molar-refractivity contribution < 1.29 is 23.5 Å². The molecular formula is C22H20ClNO5. The van der Waals surface area contributed by atoms with Crippen LogP contribution in [0.25, 0.3) is 11.1 Å². The van der Waals surface area contributed by atoms with Crippen LogP contribution in [0.3, 0.4) is 0 Å². The number of halogens is 1. The fraction of sp³-hybridized carbons (Fsp3) is 0.182. The molecule has 1 N–H and O–H groups in total. The number of carbonyl (C=O) groups is 2. The van der Waals surface area contributed by atoms with Crippen molar-refractivity contribution in [2.24, 2.45) is 0 Å². The molecule has 150 valence electrons. The maximum Gasteiger partial charge on any atom is 0.344 e. The van der Waals surface area contributed by atoms with Crippen LogP contribution in [0.2, 0.25) is 5.02 Å². The molecule has 0 saturated carbocycles. The average Bonchev–Trinajstić information content (AvgIpc) is 3.27. The molecule has 0 fully saturated rings. The summed E-state index contributed by atoms with van der Waals surface area (Å²) in [7, 11) is 0. The molecule has 29 heavy (non-hydrogen) atoms. The van der Waals surface area contributed by atoms with Crippen molar-refractivity contribution in [3.8, 4) is 16.9 Å². The molecule has 0 bridgehead atoms. The molecule has 6 nitrogen and oxygen atoms in total. The second-order valence-electron chi connectivity index (χ2n) is 6.27. The third-order valence-corrected chi connectivity index (χ3v) is 4.39. The molecule has 0 saturated heterocycles. The Morgan fingerprint density at radius 1 is 1.03 bits per heavy atom. The minimum absolute atomic E-state index is 0.325. The summed E-state index contributed by atoms with van der Waals surface area (Å²) in [4.78, 5) is 23.7. The van der Waals surface area contributed by atoms with Crippen molar-refractivity contribution in [2.75, 3.05) is 13.2 Å². The van der Waals surface area contributed by atoms with Gasteiger partial charge < -0.3 is 19.2 Å². The molecule has 0 aliphatic carbocycles. The van der Waals surface area contributed by atoms with Crippen LogP contribution in [0, 0.1) is 0 Å². The average molecular weight is 414 g/mol. The summed E-state index contributed by atoms with van der Waals surface area (Å²) < 4.78 is 15.5. The topological polar surface area (TPSA) is 77.8 Å². The Labute approximate surface area is 173 Å². The van der Waals surface area contributed by atoms with Crippen molar-refractivity contribution in [1.82, 2.24) is 5.32 Å².